The van der Waals surface area contributed by atoms with Crippen LogP contribution in [0.25, 0.3) is 0 Å². The summed E-state index contributed by atoms with van der Waals surface area (Å²) in [5, 5.41) is 29.4. The average molecular weight is 825 g/mol. The summed E-state index contributed by atoms with van der Waals surface area (Å²) in [6, 6.07) is -2.56. The summed E-state index contributed by atoms with van der Waals surface area (Å²) in [4.78, 5) is 75.1. The molecule has 5 aliphatic heterocycles. The van der Waals surface area contributed by atoms with E-state index in [-0.39, 0.29) is 67.0 Å². The van der Waals surface area contributed by atoms with Crippen molar-refractivity contribution in [2.75, 3.05) is 26.7 Å². The van der Waals surface area contributed by atoms with Crippen molar-refractivity contribution >= 4 is 47.5 Å². The predicted molar refractivity (Wildman–Crippen MR) is 229 cm³/mol. The van der Waals surface area contributed by atoms with Gasteiger partial charge >= 0.3 is 5.97 Å². The number of aliphatic hydroxyl groups excluding tert-OH is 2. The molecule has 0 aromatic carbocycles. The van der Waals surface area contributed by atoms with Gasteiger partial charge in [-0.1, -0.05) is 39.0 Å². The third kappa shape index (κ3) is 8.26. The minimum absolute atomic E-state index is 0.0121. The number of cyclic esters (lactones) is 1. The van der Waals surface area contributed by atoms with E-state index in [9.17, 15) is 29.4 Å². The van der Waals surface area contributed by atoms with Crippen LogP contribution in [-0.2, 0) is 23.9 Å². The topological polar surface area (TPSA) is 198 Å². The van der Waals surface area contributed by atoms with Gasteiger partial charge in [-0.25, -0.2) is 14.8 Å². The van der Waals surface area contributed by atoms with Crippen molar-refractivity contribution < 1.29 is 34.1 Å². The Labute approximate surface area is 352 Å². The summed E-state index contributed by atoms with van der Waals surface area (Å²) in [6.45, 7) is 15.0. The molecule has 4 N–H and O–H groups in total. The van der Waals surface area contributed by atoms with Crippen LogP contribution < -0.4 is 10.6 Å². The fraction of sp³-hybridized carbons (Fsp3) is 0.600. The van der Waals surface area contributed by atoms with E-state index in [0.29, 0.717) is 73.8 Å². The lowest BCUT2D eigenvalue weighted by Crippen LogP contribution is -2.62. The summed E-state index contributed by atoms with van der Waals surface area (Å²) >= 11 is 0. The van der Waals surface area contributed by atoms with Gasteiger partial charge in [-0.2, -0.15) is 0 Å². The Bertz CT molecular complexity index is 2050. The van der Waals surface area contributed by atoms with Gasteiger partial charge in [0, 0.05) is 36.1 Å². The molecule has 7 aliphatic rings. The molecule has 60 heavy (non-hydrogen) atoms. The van der Waals surface area contributed by atoms with Crippen LogP contribution in [0.15, 0.2) is 79.5 Å². The summed E-state index contributed by atoms with van der Waals surface area (Å²) in [7, 11) is 1.93. The molecular weight excluding hydrogens is 765 g/mol. The van der Waals surface area contributed by atoms with Crippen molar-refractivity contribution in [2.24, 2.45) is 42.6 Å². The molecule has 0 aromatic rings. The minimum Gasteiger partial charge on any atom is -0.423 e. The predicted octanol–water partition coefficient (Wildman–Crippen LogP) is 3.01. The Balaban J connectivity index is 1.21. The van der Waals surface area contributed by atoms with Gasteiger partial charge in [-0.15, -0.1) is 0 Å². The van der Waals surface area contributed by atoms with E-state index in [1.54, 1.807) is 42.6 Å². The molecule has 15 heteroatoms. The molecular formula is C45H60N8O7. The molecule has 11 atom stereocenters. The lowest BCUT2D eigenvalue weighted by molar-refractivity contribution is -0.156. The van der Waals surface area contributed by atoms with Crippen LogP contribution >= 0.6 is 0 Å². The zero-order chi connectivity index (χ0) is 43.1. The van der Waals surface area contributed by atoms with Crippen molar-refractivity contribution in [3.8, 4) is 0 Å². The van der Waals surface area contributed by atoms with Crippen LogP contribution in [0.3, 0.4) is 0 Å². The fourth-order valence-corrected chi connectivity index (χ4v) is 10.6. The molecule has 0 bridgehead atoms. The first kappa shape index (κ1) is 43.5. The number of Topliss-reactive ketones (excluding diaryl/α,β-unsaturated/α-hetero) is 2. The second-order valence-electron chi connectivity index (χ2n) is 18.0. The number of carbonyl (C=O) groups is 4. The summed E-state index contributed by atoms with van der Waals surface area (Å²) in [5.74, 6) is 0.0198. The molecule has 2 aliphatic carbocycles. The third-order valence-corrected chi connectivity index (χ3v) is 14.3. The van der Waals surface area contributed by atoms with Gasteiger partial charge in [0.15, 0.2) is 11.6 Å². The van der Waals surface area contributed by atoms with E-state index in [2.05, 4.69) is 44.1 Å². The molecule has 1 amide bonds. The summed E-state index contributed by atoms with van der Waals surface area (Å²) < 4.78 is 5.90. The molecule has 0 spiro atoms. The Hall–Kier alpha value is -4.54. The Morgan fingerprint density at radius 3 is 2.37 bits per heavy atom. The zero-order valence-corrected chi connectivity index (χ0v) is 35.6. The van der Waals surface area contributed by atoms with Crippen LogP contribution in [0, 0.1) is 22.7 Å². The van der Waals surface area contributed by atoms with Crippen LogP contribution in [0.5, 0.6) is 0 Å². The van der Waals surface area contributed by atoms with E-state index in [1.807, 2.05) is 44.9 Å². The molecule has 7 rings (SSSR count). The van der Waals surface area contributed by atoms with E-state index in [0.717, 1.165) is 5.57 Å². The lowest BCUT2D eigenvalue weighted by Gasteiger charge is -2.62. The molecule has 0 radical (unpaired) electrons. The highest BCUT2D eigenvalue weighted by molar-refractivity contribution is 6.08. The second kappa shape index (κ2) is 17.4. The van der Waals surface area contributed by atoms with Crippen molar-refractivity contribution in [1.29, 1.82) is 0 Å². The zero-order valence-electron chi connectivity index (χ0n) is 35.6. The largest absolute Gasteiger partial charge is 0.423 e. The lowest BCUT2D eigenvalue weighted by atomic mass is 9.45. The van der Waals surface area contributed by atoms with Gasteiger partial charge in [0.2, 0.25) is 5.91 Å². The number of esters is 1. The quantitative estimate of drug-likeness (QED) is 0.133. The van der Waals surface area contributed by atoms with E-state index < -0.39 is 41.0 Å². The number of ether oxygens (including phenoxy) is 1. The number of allylic oxidation sites excluding steroid dienone is 4. The molecule has 322 valence electrons. The molecule has 2 saturated carbocycles. The van der Waals surface area contributed by atoms with E-state index in [1.165, 1.54) is 0 Å². The van der Waals surface area contributed by atoms with Crippen LogP contribution in [0.4, 0.5) is 0 Å². The first-order valence-electron chi connectivity index (χ1n) is 21.3. The summed E-state index contributed by atoms with van der Waals surface area (Å²) in [5.41, 5.74) is 0.534. The van der Waals surface area contributed by atoms with Crippen LogP contribution in [0.2, 0.25) is 0 Å². The van der Waals surface area contributed by atoms with Gasteiger partial charge in [0.05, 0.1) is 62.3 Å². The number of rotatable bonds is 16. The van der Waals surface area contributed by atoms with Crippen LogP contribution in [0.1, 0.15) is 79.6 Å². The number of nitrogens with one attached hydrogen (secondary N) is 2. The molecule has 3 fully saturated rings. The van der Waals surface area contributed by atoms with Crippen molar-refractivity contribution in [3.63, 3.8) is 0 Å². The minimum atomic E-state index is -0.856. The number of carbonyl (C=O) groups excluding carboxylic acids is 4. The van der Waals surface area contributed by atoms with E-state index >= 15 is 0 Å². The highest BCUT2D eigenvalue weighted by atomic mass is 16.5. The second-order valence-corrected chi connectivity index (χ2v) is 18.0. The number of ketones is 2. The fourth-order valence-electron chi connectivity index (χ4n) is 10.6. The van der Waals surface area contributed by atoms with Crippen molar-refractivity contribution in [3.05, 3.63) is 59.6 Å². The number of fused-ring (bicyclic) bond motifs is 2. The molecule has 15 nitrogen and oxygen atoms in total. The van der Waals surface area contributed by atoms with Gasteiger partial charge in [-0.05, 0) is 94.1 Å². The summed E-state index contributed by atoms with van der Waals surface area (Å²) in [6.07, 6.45) is 14.3. The SMILES string of the molecule is C=C1C(NC(C)C(=O)CC2=NCC=N2)CC2[C@](C)(CC[C@@H](O)[C@@]2(C)CO)C1CC(NC(C)C(=O)CC1=NCC=N1)C1=C/C(=C\C2=CN3C(=O)C(CC)N(C)C3C=C2)OC1=O. The highest BCUT2D eigenvalue weighted by Crippen LogP contribution is 2.62. The molecule has 5 heterocycles. The standard InChI is InChI=1S/C45H60N8O7/c1-8-34-42(58)53-23-28(9-10-41(53)52(34)7)17-29-18-30(43(59)60-29)33(51-27(4)36(56)22-40-48-15-16-49-40)19-31-25(2)32(50-26(3)35(55)21-39-46-13-14-47-39)20-37-44(31,5)12-11-38(57)45(37,6)24-54/h9-10,13,15,17-18,23,26-27,31-34,37-38,41,50-51,54,57H,2,8,11-12,14,16,19-22,24H2,1,3-7H3/b29-17+/t26?,27?,31?,32?,33?,34?,37?,38-,41?,44-,45+/m1/s1. The highest BCUT2D eigenvalue weighted by Gasteiger charge is 2.60. The molecule has 1 saturated heterocycles. The molecule has 0 aromatic heterocycles. The van der Waals surface area contributed by atoms with Crippen molar-refractivity contribution in [2.45, 2.75) is 122 Å². The smallest absolute Gasteiger partial charge is 0.341 e. The van der Waals surface area contributed by atoms with E-state index in [4.69, 9.17) is 4.74 Å². The Morgan fingerprint density at radius 1 is 1.08 bits per heavy atom. The van der Waals surface area contributed by atoms with Gasteiger partial charge in [0.25, 0.3) is 0 Å². The van der Waals surface area contributed by atoms with Crippen LogP contribution in [-0.4, -0.2) is 137 Å². The van der Waals surface area contributed by atoms with Gasteiger partial charge in [-0.3, -0.25) is 34.2 Å². The number of amidine groups is 2. The number of likely N-dealkylation sites (N-methyl/N-ethyl adjacent to an activating group) is 1. The Morgan fingerprint density at radius 2 is 1.75 bits per heavy atom. The number of nitrogens with zero attached hydrogens (tertiary/aromatic N) is 6. The normalized spacial score (nSPS) is 34.6. The maximum absolute atomic E-state index is 14.0. The number of hydrogen-bond acceptors (Lipinski definition) is 14. The maximum atomic E-state index is 14.0. The maximum Gasteiger partial charge on any atom is 0.341 e. The third-order valence-electron chi connectivity index (χ3n) is 14.3. The average Bonchev–Trinajstić information content (AvgIpc) is 4.05. The number of aliphatic hydroxyl groups is 2. The number of amides is 1. The first-order chi connectivity index (χ1) is 28.6. The number of aliphatic imine (C=N–C) groups is 4. The Kier molecular flexibility index (Phi) is 12.7. The van der Waals surface area contributed by atoms with Gasteiger partial charge < -0.3 is 25.6 Å². The van der Waals surface area contributed by atoms with Crippen molar-refractivity contribution in [1.82, 2.24) is 20.4 Å². The monoisotopic (exact) mass is 824 g/mol. The number of hydrogen-bond donors (Lipinski definition) is 4. The van der Waals surface area contributed by atoms with Gasteiger partial charge in [0.1, 0.15) is 23.6 Å². The first-order valence-corrected chi connectivity index (χ1v) is 21.3. The molecule has 8 unspecified atom stereocenters.